The van der Waals surface area contributed by atoms with Crippen molar-refractivity contribution in [1.29, 1.82) is 0 Å². The molecule has 18 heavy (non-hydrogen) atoms. The zero-order valence-electron chi connectivity index (χ0n) is 9.33. The van der Waals surface area contributed by atoms with Crippen LogP contribution in [0.3, 0.4) is 0 Å². The van der Waals surface area contributed by atoms with E-state index >= 15 is 0 Å². The van der Waals surface area contributed by atoms with Crippen LogP contribution in [-0.2, 0) is 16.6 Å². The molecule has 94 valence electrons. The van der Waals surface area contributed by atoms with Crippen LogP contribution in [0.15, 0.2) is 52.5 Å². The lowest BCUT2D eigenvalue weighted by Gasteiger charge is -2.06. The normalized spacial score (nSPS) is 11.3. The van der Waals surface area contributed by atoms with Crippen molar-refractivity contribution in [1.82, 2.24) is 14.7 Å². The molecule has 2 N–H and O–H groups in total. The lowest BCUT2D eigenvalue weighted by Crippen LogP contribution is -2.24. The summed E-state index contributed by atoms with van der Waals surface area (Å²) in [5, 5.41) is 0. The molecule has 0 spiro atoms. The second kappa shape index (κ2) is 5.11. The van der Waals surface area contributed by atoms with E-state index in [-0.39, 0.29) is 17.0 Å². The van der Waals surface area contributed by atoms with Gasteiger partial charge in [-0.05, 0) is 23.8 Å². The lowest BCUT2D eigenvalue weighted by atomic mass is 10.3. The van der Waals surface area contributed by atoms with Crippen LogP contribution >= 0.6 is 0 Å². The van der Waals surface area contributed by atoms with E-state index in [1.54, 1.807) is 24.5 Å². The summed E-state index contributed by atoms with van der Waals surface area (Å²) >= 11 is 0. The molecule has 0 aliphatic rings. The summed E-state index contributed by atoms with van der Waals surface area (Å²) in [7, 11) is -3.62. The molecule has 2 rings (SSSR count). The molecule has 0 aliphatic heterocycles. The zero-order chi connectivity index (χ0) is 13.0. The summed E-state index contributed by atoms with van der Waals surface area (Å²) in [6, 6.07) is 5.86. The molecule has 0 bridgehead atoms. The highest BCUT2D eigenvalue weighted by Gasteiger charge is 2.13. The Labute approximate surface area is 104 Å². The molecule has 0 fully saturated rings. The summed E-state index contributed by atoms with van der Waals surface area (Å²) < 4.78 is 26.2. The Morgan fingerprint density at radius 1 is 1.17 bits per heavy atom. The van der Waals surface area contributed by atoms with Crippen molar-refractivity contribution >= 4 is 10.0 Å². The number of pyridine rings is 2. The monoisotopic (exact) mass is 265 g/mol. The van der Waals surface area contributed by atoms with Crippen LogP contribution in [0.5, 0.6) is 0 Å². The molecule has 0 saturated heterocycles. The average molecular weight is 265 g/mol. The van der Waals surface area contributed by atoms with Gasteiger partial charge >= 0.3 is 0 Å². The predicted octanol–water partition coefficient (Wildman–Crippen LogP) is 0.248. The molecule has 2 heterocycles. The predicted molar refractivity (Wildman–Crippen MR) is 65.3 cm³/mol. The fourth-order valence-corrected chi connectivity index (χ4v) is 2.31. The molecular formula is C11H11N3O3S. The first kappa shape index (κ1) is 12.5. The Kier molecular flexibility index (Phi) is 3.54. The molecule has 0 saturated carbocycles. The van der Waals surface area contributed by atoms with E-state index < -0.39 is 10.0 Å². The topological polar surface area (TPSA) is 91.9 Å². The van der Waals surface area contributed by atoms with Gasteiger partial charge in [-0.25, -0.2) is 13.1 Å². The number of aromatic amines is 1. The molecule has 6 nitrogen and oxygen atoms in total. The minimum Gasteiger partial charge on any atom is -0.328 e. The quantitative estimate of drug-likeness (QED) is 0.828. The highest BCUT2D eigenvalue weighted by Crippen LogP contribution is 2.05. The molecule has 7 heteroatoms. The first-order chi connectivity index (χ1) is 8.58. The van der Waals surface area contributed by atoms with Gasteiger partial charge in [-0.15, -0.1) is 0 Å². The zero-order valence-corrected chi connectivity index (χ0v) is 10.1. The number of aromatic nitrogens is 2. The lowest BCUT2D eigenvalue weighted by molar-refractivity contribution is 0.581. The van der Waals surface area contributed by atoms with Gasteiger partial charge in [0.15, 0.2) is 0 Å². The fraction of sp³-hybridized carbons (Fsp3) is 0.0909. The Balaban J connectivity index is 2.13. The molecule has 0 unspecified atom stereocenters. The van der Waals surface area contributed by atoms with Crippen molar-refractivity contribution in [3.63, 3.8) is 0 Å². The number of H-pyrrole nitrogens is 1. The number of sulfonamides is 1. The summed E-state index contributed by atoms with van der Waals surface area (Å²) in [4.78, 5) is 17.0. The summed E-state index contributed by atoms with van der Waals surface area (Å²) in [6.07, 6.45) is 4.34. The fourth-order valence-electron chi connectivity index (χ4n) is 1.33. The van der Waals surface area contributed by atoms with E-state index in [1.165, 1.54) is 12.1 Å². The number of hydrogen-bond acceptors (Lipinski definition) is 4. The third-order valence-corrected chi connectivity index (χ3v) is 3.68. The van der Waals surface area contributed by atoms with Crippen molar-refractivity contribution in [2.24, 2.45) is 0 Å². The van der Waals surface area contributed by atoms with Gasteiger partial charge in [0.2, 0.25) is 15.6 Å². The molecule has 0 amide bonds. The van der Waals surface area contributed by atoms with Crippen LogP contribution < -0.4 is 10.3 Å². The third-order valence-electron chi connectivity index (χ3n) is 2.28. The average Bonchev–Trinajstić information content (AvgIpc) is 2.38. The molecular weight excluding hydrogens is 254 g/mol. The van der Waals surface area contributed by atoms with Crippen molar-refractivity contribution in [3.8, 4) is 0 Å². The van der Waals surface area contributed by atoms with Crippen LogP contribution in [0.1, 0.15) is 5.56 Å². The smallest absolute Gasteiger partial charge is 0.247 e. The van der Waals surface area contributed by atoms with E-state index in [0.717, 1.165) is 11.8 Å². The summed E-state index contributed by atoms with van der Waals surface area (Å²) in [6.45, 7) is 0.171. The Morgan fingerprint density at radius 3 is 2.50 bits per heavy atom. The number of nitrogens with one attached hydrogen (secondary N) is 2. The van der Waals surface area contributed by atoms with Crippen molar-refractivity contribution in [3.05, 3.63) is 58.8 Å². The third kappa shape index (κ3) is 3.02. The van der Waals surface area contributed by atoms with Gasteiger partial charge in [-0.2, -0.15) is 0 Å². The largest absolute Gasteiger partial charge is 0.328 e. The van der Waals surface area contributed by atoms with Gasteiger partial charge in [0.1, 0.15) is 0 Å². The van der Waals surface area contributed by atoms with E-state index in [1.807, 2.05) is 0 Å². The summed E-state index contributed by atoms with van der Waals surface area (Å²) in [5.41, 5.74) is 0.459. The first-order valence-corrected chi connectivity index (χ1v) is 6.63. The minimum atomic E-state index is -3.62. The van der Waals surface area contributed by atoms with Crippen molar-refractivity contribution in [2.45, 2.75) is 11.4 Å². The molecule has 0 aromatic carbocycles. The van der Waals surface area contributed by atoms with Crippen LogP contribution in [0, 0.1) is 0 Å². The van der Waals surface area contributed by atoms with Crippen LogP contribution in [-0.4, -0.2) is 18.4 Å². The van der Waals surface area contributed by atoms with Gasteiger partial charge < -0.3 is 4.98 Å². The van der Waals surface area contributed by atoms with Crippen LogP contribution in [0.2, 0.25) is 0 Å². The molecule has 0 atom stereocenters. The number of rotatable bonds is 4. The first-order valence-electron chi connectivity index (χ1n) is 5.15. The van der Waals surface area contributed by atoms with Gasteiger partial charge in [0.05, 0.1) is 4.90 Å². The highest BCUT2D eigenvalue weighted by molar-refractivity contribution is 7.89. The highest BCUT2D eigenvalue weighted by atomic mass is 32.2. The SMILES string of the molecule is O=c1ccc(S(=O)(=O)NCc2ccncc2)c[nH]1. The van der Waals surface area contributed by atoms with Crippen molar-refractivity contribution in [2.75, 3.05) is 0 Å². The maximum absolute atomic E-state index is 11.9. The van der Waals surface area contributed by atoms with E-state index in [9.17, 15) is 13.2 Å². The summed E-state index contributed by atoms with van der Waals surface area (Å²) in [5.74, 6) is 0. The molecule has 0 aliphatic carbocycles. The van der Waals surface area contributed by atoms with Crippen molar-refractivity contribution < 1.29 is 8.42 Å². The number of nitrogens with zero attached hydrogens (tertiary/aromatic N) is 1. The molecule has 0 radical (unpaired) electrons. The second-order valence-corrected chi connectivity index (χ2v) is 5.34. The molecule has 2 aromatic heterocycles. The van der Waals surface area contributed by atoms with Gasteiger partial charge in [-0.3, -0.25) is 9.78 Å². The number of hydrogen-bond donors (Lipinski definition) is 2. The Morgan fingerprint density at radius 2 is 1.89 bits per heavy atom. The maximum atomic E-state index is 11.9. The second-order valence-electron chi connectivity index (χ2n) is 3.57. The standard InChI is InChI=1S/C11H11N3O3S/c15-11-2-1-10(8-13-11)18(16,17)14-7-9-3-5-12-6-4-9/h1-6,8,14H,7H2,(H,13,15). The van der Waals surface area contributed by atoms with Crippen LogP contribution in [0.4, 0.5) is 0 Å². The van der Waals surface area contributed by atoms with E-state index in [2.05, 4.69) is 14.7 Å². The van der Waals surface area contributed by atoms with Crippen LogP contribution in [0.25, 0.3) is 0 Å². The van der Waals surface area contributed by atoms with E-state index in [4.69, 9.17) is 0 Å². The minimum absolute atomic E-state index is 0.0242. The van der Waals surface area contributed by atoms with Gasteiger partial charge in [0.25, 0.3) is 0 Å². The Bertz CT molecular complexity index is 660. The van der Waals surface area contributed by atoms with Gasteiger partial charge in [-0.1, -0.05) is 0 Å². The molecule has 2 aromatic rings. The maximum Gasteiger partial charge on any atom is 0.247 e. The van der Waals surface area contributed by atoms with Gasteiger partial charge in [0, 0.05) is 31.2 Å². The Hall–Kier alpha value is -1.99. The van der Waals surface area contributed by atoms with E-state index in [0.29, 0.717) is 0 Å².